The first kappa shape index (κ1) is 20.1. The summed E-state index contributed by atoms with van der Waals surface area (Å²) in [6.45, 7) is 0. The second kappa shape index (κ2) is 7.93. The molecule has 0 aliphatic heterocycles. The van der Waals surface area contributed by atoms with E-state index >= 15 is 0 Å². The number of hydrogen-bond donors (Lipinski definition) is 1. The molecule has 4 aromatic rings. The standard InChI is InChI=1S/C22H18ClN3O3S/c1-26(2)22-24-11-16-14(12-5-4-6-13(23)9-12)10-15(20(29-3)19(16)25-22)17-7-8-18(30-17)21(27)28/h4-11H,1-3H3,(H,27,28). The van der Waals surface area contributed by atoms with Crippen molar-refractivity contribution < 1.29 is 14.6 Å². The van der Waals surface area contributed by atoms with Crippen molar-refractivity contribution in [1.29, 1.82) is 0 Å². The Balaban J connectivity index is 2.08. The zero-order valence-corrected chi connectivity index (χ0v) is 18.1. The molecule has 0 atom stereocenters. The van der Waals surface area contributed by atoms with E-state index in [9.17, 15) is 9.90 Å². The van der Waals surface area contributed by atoms with Gasteiger partial charge in [0.05, 0.1) is 7.11 Å². The van der Waals surface area contributed by atoms with E-state index in [0.717, 1.165) is 27.0 Å². The zero-order chi connectivity index (χ0) is 21.4. The molecule has 0 amide bonds. The van der Waals surface area contributed by atoms with Gasteiger partial charge in [0.15, 0.2) is 5.75 Å². The predicted octanol–water partition coefficient (Wildman–Crippen LogP) is 5.45. The van der Waals surface area contributed by atoms with Gasteiger partial charge >= 0.3 is 5.97 Å². The largest absolute Gasteiger partial charge is 0.494 e. The molecular formula is C22H18ClN3O3S. The third kappa shape index (κ3) is 3.58. The topological polar surface area (TPSA) is 75.6 Å². The molecule has 0 fully saturated rings. The highest BCUT2D eigenvalue weighted by atomic mass is 35.5. The van der Waals surface area contributed by atoms with Crippen LogP contribution in [-0.4, -0.2) is 42.2 Å². The molecule has 2 heterocycles. The Morgan fingerprint density at radius 3 is 2.60 bits per heavy atom. The Bertz CT molecular complexity index is 1270. The van der Waals surface area contributed by atoms with Crippen LogP contribution in [0.1, 0.15) is 9.67 Å². The zero-order valence-electron chi connectivity index (χ0n) is 16.5. The molecule has 0 aliphatic rings. The Morgan fingerprint density at radius 1 is 1.17 bits per heavy atom. The highest BCUT2D eigenvalue weighted by molar-refractivity contribution is 7.17. The highest BCUT2D eigenvalue weighted by Gasteiger charge is 2.20. The van der Waals surface area contributed by atoms with Crippen molar-refractivity contribution in [2.75, 3.05) is 26.1 Å². The number of ether oxygens (including phenoxy) is 1. The molecule has 2 aromatic carbocycles. The number of benzene rings is 2. The molecule has 0 unspecified atom stereocenters. The average Bonchev–Trinajstić information content (AvgIpc) is 3.22. The minimum atomic E-state index is -0.960. The maximum Gasteiger partial charge on any atom is 0.345 e. The Kier molecular flexibility index (Phi) is 5.32. The maximum absolute atomic E-state index is 11.4. The number of hydrogen-bond acceptors (Lipinski definition) is 6. The lowest BCUT2D eigenvalue weighted by atomic mass is 9.97. The SMILES string of the molecule is COc1c(-c2ccc(C(=O)O)s2)cc(-c2cccc(Cl)c2)c2cnc(N(C)C)nc12. The number of halogens is 1. The van der Waals surface area contributed by atoms with Crippen molar-refractivity contribution in [2.24, 2.45) is 0 Å². The number of carboxylic acids is 1. The number of rotatable bonds is 5. The van der Waals surface area contributed by atoms with Gasteiger partial charge in [0.2, 0.25) is 5.95 Å². The van der Waals surface area contributed by atoms with Crippen molar-refractivity contribution >= 4 is 45.8 Å². The first-order valence-electron chi connectivity index (χ1n) is 9.03. The minimum absolute atomic E-state index is 0.258. The van der Waals surface area contributed by atoms with Gasteiger partial charge in [-0.15, -0.1) is 11.3 Å². The quantitative estimate of drug-likeness (QED) is 0.445. The van der Waals surface area contributed by atoms with Gasteiger partial charge in [-0.05, 0) is 41.5 Å². The number of carboxylic acid groups (broad SMARTS) is 1. The molecule has 4 rings (SSSR count). The first-order chi connectivity index (χ1) is 14.4. The lowest BCUT2D eigenvalue weighted by Crippen LogP contribution is -2.12. The van der Waals surface area contributed by atoms with Gasteiger partial charge in [0, 0.05) is 41.1 Å². The van der Waals surface area contributed by atoms with Gasteiger partial charge in [-0.2, -0.15) is 0 Å². The smallest absolute Gasteiger partial charge is 0.345 e. The highest BCUT2D eigenvalue weighted by Crippen LogP contribution is 2.44. The monoisotopic (exact) mass is 439 g/mol. The third-order valence-electron chi connectivity index (χ3n) is 4.64. The molecular weight excluding hydrogens is 422 g/mol. The number of aromatic carboxylic acids is 1. The van der Waals surface area contributed by atoms with Crippen LogP contribution in [-0.2, 0) is 0 Å². The number of anilines is 1. The van der Waals surface area contributed by atoms with Crippen LogP contribution >= 0.6 is 22.9 Å². The number of aromatic nitrogens is 2. The van der Waals surface area contributed by atoms with E-state index < -0.39 is 5.97 Å². The van der Waals surface area contributed by atoms with Crippen LogP contribution in [0.2, 0.25) is 5.02 Å². The molecule has 30 heavy (non-hydrogen) atoms. The van der Waals surface area contributed by atoms with Crippen molar-refractivity contribution in [3.63, 3.8) is 0 Å². The summed E-state index contributed by atoms with van der Waals surface area (Å²) in [6, 6.07) is 12.9. The molecule has 2 aromatic heterocycles. The molecule has 0 aliphatic carbocycles. The molecule has 0 bridgehead atoms. The second-order valence-electron chi connectivity index (χ2n) is 6.81. The first-order valence-corrected chi connectivity index (χ1v) is 10.2. The summed E-state index contributed by atoms with van der Waals surface area (Å²) in [6.07, 6.45) is 1.78. The number of carbonyl (C=O) groups is 1. The van der Waals surface area contributed by atoms with Crippen molar-refractivity contribution in [2.45, 2.75) is 0 Å². The molecule has 0 saturated carbocycles. The lowest BCUT2D eigenvalue weighted by molar-refractivity contribution is 0.0702. The molecule has 152 valence electrons. The van der Waals surface area contributed by atoms with Crippen LogP contribution in [0, 0.1) is 0 Å². The van der Waals surface area contributed by atoms with Crippen molar-refractivity contribution in [3.05, 3.63) is 58.6 Å². The van der Waals surface area contributed by atoms with Crippen molar-refractivity contribution in [3.8, 4) is 27.3 Å². The summed E-state index contributed by atoms with van der Waals surface area (Å²) in [4.78, 5) is 23.4. The number of fused-ring (bicyclic) bond motifs is 1. The van der Waals surface area contributed by atoms with Crippen LogP contribution in [0.3, 0.4) is 0 Å². The van der Waals surface area contributed by atoms with Crippen LogP contribution in [0.25, 0.3) is 32.5 Å². The van der Waals surface area contributed by atoms with Crippen LogP contribution < -0.4 is 9.64 Å². The molecule has 6 nitrogen and oxygen atoms in total. The summed E-state index contributed by atoms with van der Waals surface area (Å²) in [5, 5.41) is 10.8. The van der Waals surface area contributed by atoms with E-state index in [-0.39, 0.29) is 4.88 Å². The van der Waals surface area contributed by atoms with E-state index in [1.54, 1.807) is 25.4 Å². The molecule has 0 spiro atoms. The third-order valence-corrected chi connectivity index (χ3v) is 5.98. The predicted molar refractivity (Wildman–Crippen MR) is 121 cm³/mol. The van der Waals surface area contributed by atoms with E-state index in [4.69, 9.17) is 21.3 Å². The molecule has 8 heteroatoms. The van der Waals surface area contributed by atoms with Gasteiger partial charge in [-0.3, -0.25) is 0 Å². The van der Waals surface area contributed by atoms with Crippen LogP contribution in [0.4, 0.5) is 5.95 Å². The lowest BCUT2D eigenvalue weighted by Gasteiger charge is -2.17. The fraction of sp³-hybridized carbons (Fsp3) is 0.136. The molecule has 0 saturated heterocycles. The number of nitrogens with zero attached hydrogens (tertiary/aromatic N) is 3. The Labute approximate surface area is 182 Å². The second-order valence-corrected chi connectivity index (χ2v) is 8.33. The van der Waals surface area contributed by atoms with Gasteiger partial charge in [-0.25, -0.2) is 14.8 Å². The van der Waals surface area contributed by atoms with Gasteiger partial charge in [-0.1, -0.05) is 23.7 Å². The average molecular weight is 440 g/mol. The van der Waals surface area contributed by atoms with Gasteiger partial charge in [0.25, 0.3) is 0 Å². The van der Waals surface area contributed by atoms with E-state index in [1.165, 1.54) is 11.3 Å². The van der Waals surface area contributed by atoms with E-state index in [2.05, 4.69) is 4.98 Å². The summed E-state index contributed by atoms with van der Waals surface area (Å²) in [7, 11) is 5.32. The Morgan fingerprint density at radius 2 is 1.97 bits per heavy atom. The van der Waals surface area contributed by atoms with Crippen LogP contribution in [0.15, 0.2) is 48.7 Å². The maximum atomic E-state index is 11.4. The summed E-state index contributed by atoms with van der Waals surface area (Å²) < 4.78 is 5.76. The van der Waals surface area contributed by atoms with Gasteiger partial charge in [0.1, 0.15) is 10.4 Å². The summed E-state index contributed by atoms with van der Waals surface area (Å²) in [5.74, 6) is 0.158. The number of methoxy groups -OCH3 is 1. The fourth-order valence-corrected chi connectivity index (χ4v) is 4.30. The van der Waals surface area contributed by atoms with Crippen molar-refractivity contribution in [1.82, 2.24) is 9.97 Å². The summed E-state index contributed by atoms with van der Waals surface area (Å²) in [5.41, 5.74) is 3.21. The molecule has 0 radical (unpaired) electrons. The number of thiophene rings is 1. The van der Waals surface area contributed by atoms with E-state index in [0.29, 0.717) is 22.2 Å². The molecule has 1 N–H and O–H groups in total. The van der Waals surface area contributed by atoms with Gasteiger partial charge < -0.3 is 14.7 Å². The van der Waals surface area contributed by atoms with Crippen LogP contribution in [0.5, 0.6) is 5.75 Å². The normalized spacial score (nSPS) is 10.9. The minimum Gasteiger partial charge on any atom is -0.494 e. The summed E-state index contributed by atoms with van der Waals surface area (Å²) >= 11 is 7.43. The van der Waals surface area contributed by atoms with E-state index in [1.807, 2.05) is 49.3 Å². The fourth-order valence-electron chi connectivity index (χ4n) is 3.26. The Hall–Kier alpha value is -3.16.